The van der Waals surface area contributed by atoms with Crippen LogP contribution >= 0.6 is 0 Å². The number of carbonyl (C=O) groups excluding carboxylic acids is 1. The Kier molecular flexibility index (Phi) is 2.07. The van der Waals surface area contributed by atoms with Gasteiger partial charge in [-0.05, 0) is 25.2 Å². The lowest BCUT2D eigenvalue weighted by atomic mass is 9.63. The molecule has 0 aromatic carbocycles. The van der Waals surface area contributed by atoms with Crippen molar-refractivity contribution in [2.75, 3.05) is 0 Å². The molecule has 2 aliphatic rings. The van der Waals surface area contributed by atoms with E-state index in [-0.39, 0.29) is 5.41 Å². The molecule has 2 nitrogen and oxygen atoms in total. The Morgan fingerprint density at radius 3 is 2.93 bits per heavy atom. The van der Waals surface area contributed by atoms with Crippen molar-refractivity contribution in [2.45, 2.75) is 44.6 Å². The van der Waals surface area contributed by atoms with Gasteiger partial charge in [0.25, 0.3) is 0 Å². The molecule has 0 bridgehead atoms. The lowest BCUT2D eigenvalue weighted by molar-refractivity contribution is -0.128. The van der Waals surface area contributed by atoms with Crippen molar-refractivity contribution in [2.24, 2.45) is 11.3 Å². The smallest absolute Gasteiger partial charge is 0.133 e. The summed E-state index contributed by atoms with van der Waals surface area (Å²) in [7, 11) is 0. The van der Waals surface area contributed by atoms with Crippen LogP contribution in [0.25, 0.3) is 0 Å². The Labute approximate surface area is 85.0 Å². The zero-order valence-electron chi connectivity index (χ0n) is 8.75. The van der Waals surface area contributed by atoms with E-state index < -0.39 is 5.60 Å². The minimum atomic E-state index is -0.738. The van der Waals surface area contributed by atoms with Crippen LogP contribution in [0.15, 0.2) is 12.7 Å². The molecule has 0 aliphatic heterocycles. The van der Waals surface area contributed by atoms with E-state index in [4.69, 9.17) is 0 Å². The Morgan fingerprint density at radius 2 is 2.29 bits per heavy atom. The third kappa shape index (κ3) is 1.10. The Balaban J connectivity index is 2.31. The van der Waals surface area contributed by atoms with Crippen molar-refractivity contribution < 1.29 is 9.90 Å². The first-order valence-electron chi connectivity index (χ1n) is 5.39. The van der Waals surface area contributed by atoms with Gasteiger partial charge >= 0.3 is 0 Å². The topological polar surface area (TPSA) is 37.3 Å². The first kappa shape index (κ1) is 9.91. The van der Waals surface area contributed by atoms with Gasteiger partial charge in [0.2, 0.25) is 0 Å². The number of hydrogen-bond donors (Lipinski definition) is 1. The van der Waals surface area contributed by atoms with E-state index in [9.17, 15) is 9.90 Å². The average molecular weight is 194 g/mol. The van der Waals surface area contributed by atoms with Crippen molar-refractivity contribution in [1.29, 1.82) is 0 Å². The Morgan fingerprint density at radius 1 is 1.57 bits per heavy atom. The first-order chi connectivity index (χ1) is 6.52. The van der Waals surface area contributed by atoms with Gasteiger partial charge in [-0.15, -0.1) is 6.58 Å². The monoisotopic (exact) mass is 194 g/mol. The molecule has 1 N–H and O–H groups in total. The second-order valence-electron chi connectivity index (χ2n) is 5.02. The van der Waals surface area contributed by atoms with Crippen LogP contribution in [0.3, 0.4) is 0 Å². The van der Waals surface area contributed by atoms with Gasteiger partial charge < -0.3 is 5.11 Å². The summed E-state index contributed by atoms with van der Waals surface area (Å²) in [5.41, 5.74) is -0.846. The van der Waals surface area contributed by atoms with Crippen LogP contribution in [0.4, 0.5) is 0 Å². The second-order valence-corrected chi connectivity index (χ2v) is 5.02. The van der Waals surface area contributed by atoms with Gasteiger partial charge in [0.05, 0.1) is 5.60 Å². The normalized spacial score (nSPS) is 47.6. The summed E-state index contributed by atoms with van der Waals surface area (Å²) in [6, 6.07) is 0. The minimum absolute atomic E-state index is 0.108. The third-order valence-corrected chi connectivity index (χ3v) is 4.50. The summed E-state index contributed by atoms with van der Waals surface area (Å²) in [5.74, 6) is 0.729. The molecule has 0 amide bonds. The molecule has 2 saturated carbocycles. The molecule has 2 heteroatoms. The van der Waals surface area contributed by atoms with E-state index in [0.717, 1.165) is 19.3 Å². The van der Waals surface area contributed by atoms with Gasteiger partial charge in [-0.3, -0.25) is 4.79 Å². The van der Waals surface area contributed by atoms with E-state index in [2.05, 4.69) is 13.5 Å². The summed E-state index contributed by atoms with van der Waals surface area (Å²) < 4.78 is 0. The lowest BCUT2D eigenvalue weighted by Gasteiger charge is -2.44. The van der Waals surface area contributed by atoms with Crippen LogP contribution in [0.1, 0.15) is 39.0 Å². The molecular weight excluding hydrogens is 176 g/mol. The molecule has 0 unspecified atom stereocenters. The van der Waals surface area contributed by atoms with E-state index in [1.807, 2.05) is 0 Å². The van der Waals surface area contributed by atoms with Crippen LogP contribution in [-0.2, 0) is 4.79 Å². The van der Waals surface area contributed by atoms with Gasteiger partial charge in [0.1, 0.15) is 5.78 Å². The van der Waals surface area contributed by atoms with Crippen molar-refractivity contribution in [3.63, 3.8) is 0 Å². The average Bonchev–Trinajstić information content (AvgIpc) is 2.42. The second kappa shape index (κ2) is 2.93. The molecule has 2 aliphatic carbocycles. The fraction of sp³-hybridized carbons (Fsp3) is 0.750. The van der Waals surface area contributed by atoms with Crippen molar-refractivity contribution >= 4 is 5.78 Å². The van der Waals surface area contributed by atoms with Crippen LogP contribution < -0.4 is 0 Å². The molecule has 0 aromatic rings. The maximum atomic E-state index is 11.3. The van der Waals surface area contributed by atoms with Crippen LogP contribution in [0.5, 0.6) is 0 Å². The molecule has 0 heterocycles. The van der Waals surface area contributed by atoms with Crippen molar-refractivity contribution in [1.82, 2.24) is 0 Å². The largest absolute Gasteiger partial charge is 0.385 e. The highest BCUT2D eigenvalue weighted by atomic mass is 16.3. The van der Waals surface area contributed by atoms with Crippen LogP contribution in [0, 0.1) is 11.3 Å². The molecule has 2 fully saturated rings. The van der Waals surface area contributed by atoms with Gasteiger partial charge in [0.15, 0.2) is 0 Å². The first-order valence-corrected chi connectivity index (χ1v) is 5.39. The number of carbonyl (C=O) groups is 1. The number of rotatable bonds is 1. The van der Waals surface area contributed by atoms with E-state index in [1.54, 1.807) is 6.08 Å². The molecule has 0 radical (unpaired) electrons. The fourth-order valence-electron chi connectivity index (χ4n) is 3.21. The molecule has 3 atom stereocenters. The zero-order valence-corrected chi connectivity index (χ0v) is 8.75. The maximum Gasteiger partial charge on any atom is 0.133 e. The molecule has 0 aromatic heterocycles. The van der Waals surface area contributed by atoms with Gasteiger partial charge in [-0.1, -0.05) is 13.0 Å². The quantitative estimate of drug-likeness (QED) is 0.649. The Hall–Kier alpha value is -0.630. The number of aliphatic hydroxyl groups is 1. The number of ketones is 1. The predicted molar refractivity (Wildman–Crippen MR) is 54.8 cm³/mol. The number of fused-ring (bicyclic) bond motifs is 1. The highest BCUT2D eigenvalue weighted by Gasteiger charge is 2.56. The molecule has 0 saturated heterocycles. The van der Waals surface area contributed by atoms with E-state index in [0.29, 0.717) is 24.5 Å². The number of Topliss-reactive ketones (excluding diaryl/α,β-unsaturated/α-hetero) is 1. The van der Waals surface area contributed by atoms with Gasteiger partial charge in [-0.2, -0.15) is 0 Å². The third-order valence-electron chi connectivity index (χ3n) is 4.50. The maximum absolute atomic E-state index is 11.3. The molecule has 14 heavy (non-hydrogen) atoms. The van der Waals surface area contributed by atoms with Crippen molar-refractivity contribution in [3.05, 3.63) is 12.7 Å². The van der Waals surface area contributed by atoms with Crippen LogP contribution in [0.2, 0.25) is 0 Å². The summed E-state index contributed by atoms with van der Waals surface area (Å²) in [4.78, 5) is 11.3. The highest BCUT2D eigenvalue weighted by Crippen LogP contribution is 2.57. The minimum Gasteiger partial charge on any atom is -0.385 e. The highest BCUT2D eigenvalue weighted by molar-refractivity contribution is 5.79. The van der Waals surface area contributed by atoms with E-state index >= 15 is 0 Å². The lowest BCUT2D eigenvalue weighted by Crippen LogP contribution is -2.46. The van der Waals surface area contributed by atoms with E-state index in [1.165, 1.54) is 0 Å². The van der Waals surface area contributed by atoms with Gasteiger partial charge in [0, 0.05) is 18.3 Å². The van der Waals surface area contributed by atoms with Crippen molar-refractivity contribution in [3.8, 4) is 0 Å². The summed E-state index contributed by atoms with van der Waals surface area (Å²) >= 11 is 0. The SMILES string of the molecule is C=C[C@]1(O)CC[C@@H]2CC(=O)CC[C@@]21C. The van der Waals surface area contributed by atoms with Crippen LogP contribution in [-0.4, -0.2) is 16.5 Å². The number of hydrogen-bond acceptors (Lipinski definition) is 2. The molecule has 0 spiro atoms. The summed E-state index contributed by atoms with van der Waals surface area (Å²) in [6.07, 6.45) is 5.52. The Bertz CT molecular complexity index is 284. The molecule has 2 rings (SSSR count). The standard InChI is InChI=1S/C12H18O2/c1-3-12(14)7-4-9-8-10(13)5-6-11(9,12)2/h3,9,14H,1,4-8H2,2H3/t9-,11+,12+/m1/s1. The molecular formula is C12H18O2. The molecule has 78 valence electrons. The fourth-order valence-corrected chi connectivity index (χ4v) is 3.21. The van der Waals surface area contributed by atoms with Gasteiger partial charge in [-0.25, -0.2) is 0 Å². The zero-order chi connectivity index (χ0) is 10.4. The predicted octanol–water partition coefficient (Wildman–Crippen LogP) is 2.07. The summed E-state index contributed by atoms with van der Waals surface area (Å²) in [5, 5.41) is 10.4. The summed E-state index contributed by atoms with van der Waals surface area (Å²) in [6.45, 7) is 5.84.